The third-order valence-electron chi connectivity index (χ3n) is 11.0. The molecule has 0 fully saturated rings. The molecule has 0 saturated heterocycles. The number of furan rings is 1. The maximum atomic E-state index is 15.6. The van der Waals surface area contributed by atoms with Gasteiger partial charge < -0.3 is 13.5 Å². The molecule has 0 amide bonds. The van der Waals surface area contributed by atoms with Crippen molar-refractivity contribution in [3.05, 3.63) is 194 Å². The minimum Gasteiger partial charge on any atom is -0.455 e. The predicted octanol–water partition coefficient (Wildman–Crippen LogP) is 12.3. The lowest BCUT2D eigenvalue weighted by molar-refractivity contribution is 0.592. The summed E-state index contributed by atoms with van der Waals surface area (Å²) in [5.74, 6) is 0. The van der Waals surface area contributed by atoms with Crippen molar-refractivity contribution in [1.29, 1.82) is 0 Å². The highest BCUT2D eigenvalue weighted by Gasteiger charge is 2.30. The summed E-state index contributed by atoms with van der Waals surface area (Å²) in [5.41, 5.74) is 7.08. The van der Waals surface area contributed by atoms with Gasteiger partial charge in [-0.25, -0.2) is 0 Å². The molecule has 0 aliphatic rings. The summed E-state index contributed by atoms with van der Waals surface area (Å²) in [6, 6.07) is 67.2. The van der Waals surface area contributed by atoms with E-state index in [2.05, 4.69) is 132 Å². The highest BCUT2D eigenvalue weighted by atomic mass is 31.2. The quantitative estimate of drug-likeness (QED) is 0.167. The zero-order valence-corrected chi connectivity index (χ0v) is 30.1. The van der Waals surface area contributed by atoms with E-state index in [-0.39, 0.29) is 0 Å². The Morgan fingerprint density at radius 1 is 0.426 bits per heavy atom. The van der Waals surface area contributed by atoms with Crippen molar-refractivity contribution in [1.82, 2.24) is 4.57 Å². The van der Waals surface area contributed by atoms with Crippen molar-refractivity contribution in [3.8, 4) is 16.8 Å². The molecule has 3 nitrogen and oxygen atoms in total. The molecule has 0 atom stereocenters. The Balaban J connectivity index is 1.21. The normalized spacial score (nSPS) is 12.1. The fraction of sp³-hybridized carbons (Fsp3) is 0. The zero-order valence-electron chi connectivity index (χ0n) is 29.2. The van der Waals surface area contributed by atoms with Crippen LogP contribution < -0.4 is 15.9 Å². The van der Waals surface area contributed by atoms with E-state index in [0.717, 1.165) is 87.2 Å². The van der Waals surface area contributed by atoms with E-state index in [1.54, 1.807) is 0 Å². The van der Waals surface area contributed by atoms with Gasteiger partial charge in [0.25, 0.3) is 0 Å². The van der Waals surface area contributed by atoms with Gasteiger partial charge in [-0.1, -0.05) is 133 Å². The molecule has 11 rings (SSSR count). The van der Waals surface area contributed by atoms with Crippen LogP contribution in [-0.2, 0) is 4.57 Å². The molecule has 0 radical (unpaired) electrons. The number of nitrogens with zero attached hydrogens (tertiary/aromatic N) is 1. The number of hydrogen-bond donors (Lipinski definition) is 0. The van der Waals surface area contributed by atoms with Crippen molar-refractivity contribution in [2.24, 2.45) is 0 Å². The molecule has 11 aromatic rings. The first-order valence-electron chi connectivity index (χ1n) is 18.3. The van der Waals surface area contributed by atoms with E-state index in [0.29, 0.717) is 0 Å². The van der Waals surface area contributed by atoms with Crippen molar-refractivity contribution >= 4 is 88.3 Å². The molecule has 0 aliphatic heterocycles. The SMILES string of the molecule is O=P(c1ccccc1)(c1ccccc1)c1ccc2c(c1)c1cc(-c3cc4ccccc4c4c3oc3cc5ccccc5cc34)ccc1n2-c1ccccc1. The van der Waals surface area contributed by atoms with Crippen LogP contribution in [-0.4, -0.2) is 4.57 Å². The molecule has 0 saturated carbocycles. The fourth-order valence-corrected chi connectivity index (χ4v) is 11.2. The van der Waals surface area contributed by atoms with Gasteiger partial charge in [0.05, 0.1) is 11.0 Å². The van der Waals surface area contributed by atoms with Crippen LogP contribution in [0.25, 0.3) is 82.1 Å². The number of hydrogen-bond acceptors (Lipinski definition) is 2. The van der Waals surface area contributed by atoms with E-state index in [1.165, 1.54) is 10.8 Å². The van der Waals surface area contributed by atoms with Gasteiger partial charge in [-0.15, -0.1) is 0 Å². The lowest BCUT2D eigenvalue weighted by Crippen LogP contribution is -2.24. The van der Waals surface area contributed by atoms with Crippen LogP contribution in [0.2, 0.25) is 0 Å². The van der Waals surface area contributed by atoms with Crippen LogP contribution in [0, 0.1) is 0 Å². The minimum atomic E-state index is -3.21. The van der Waals surface area contributed by atoms with E-state index in [9.17, 15) is 0 Å². The number of fused-ring (bicyclic) bond motifs is 9. The van der Waals surface area contributed by atoms with Crippen LogP contribution in [0.5, 0.6) is 0 Å². The molecular formula is C50H32NO2P. The van der Waals surface area contributed by atoms with Gasteiger partial charge in [-0.2, -0.15) is 0 Å². The summed E-state index contributed by atoms with van der Waals surface area (Å²) in [7, 11) is -3.21. The van der Waals surface area contributed by atoms with Crippen LogP contribution >= 0.6 is 7.14 Å². The average Bonchev–Trinajstić information content (AvgIpc) is 3.78. The Labute approximate surface area is 311 Å². The van der Waals surface area contributed by atoms with Gasteiger partial charge in [0, 0.05) is 48.7 Å². The zero-order chi connectivity index (χ0) is 35.8. The Morgan fingerprint density at radius 2 is 1.00 bits per heavy atom. The lowest BCUT2D eigenvalue weighted by atomic mass is 9.95. The molecule has 54 heavy (non-hydrogen) atoms. The Morgan fingerprint density at radius 3 is 1.70 bits per heavy atom. The van der Waals surface area contributed by atoms with Gasteiger partial charge >= 0.3 is 0 Å². The second-order valence-electron chi connectivity index (χ2n) is 14.0. The topological polar surface area (TPSA) is 35.1 Å². The molecule has 254 valence electrons. The van der Waals surface area contributed by atoms with Gasteiger partial charge in [0.2, 0.25) is 0 Å². The van der Waals surface area contributed by atoms with Crippen molar-refractivity contribution in [3.63, 3.8) is 0 Å². The fourth-order valence-electron chi connectivity index (χ4n) is 8.48. The number of aromatic nitrogens is 1. The third-order valence-corrected chi connectivity index (χ3v) is 14.1. The van der Waals surface area contributed by atoms with Gasteiger partial charge in [0.1, 0.15) is 11.2 Å². The summed E-state index contributed by atoms with van der Waals surface area (Å²) < 4.78 is 24.8. The molecule has 0 unspecified atom stereocenters. The molecule has 0 N–H and O–H groups in total. The maximum absolute atomic E-state index is 15.6. The van der Waals surface area contributed by atoms with Crippen LogP contribution in [0.3, 0.4) is 0 Å². The van der Waals surface area contributed by atoms with E-state index in [4.69, 9.17) is 4.42 Å². The van der Waals surface area contributed by atoms with Crippen LogP contribution in [0.1, 0.15) is 0 Å². The molecular weight excluding hydrogens is 678 g/mol. The molecule has 0 aliphatic carbocycles. The van der Waals surface area contributed by atoms with Crippen LogP contribution in [0.15, 0.2) is 199 Å². The van der Waals surface area contributed by atoms with Gasteiger partial charge in [0.15, 0.2) is 7.14 Å². The Bertz CT molecular complexity index is 3250. The standard InChI is InChI=1S/C50H32NO2P/c52-54(38-19-6-2-7-20-38,39-21-8-3-9-22-39)40-25-27-47-44(32-40)43-30-36(24-26-46(43)51(47)37-17-4-1-5-18-37)42-29-35-16-12-13-23-41(35)49-45-28-33-14-10-11-15-34(33)31-48(45)53-50(42)49/h1-32H. The molecule has 2 aromatic heterocycles. The molecule has 0 spiro atoms. The first kappa shape index (κ1) is 30.9. The first-order chi connectivity index (χ1) is 26.6. The monoisotopic (exact) mass is 709 g/mol. The second-order valence-corrected chi connectivity index (χ2v) is 16.8. The largest absolute Gasteiger partial charge is 0.455 e. The van der Waals surface area contributed by atoms with Gasteiger partial charge in [-0.3, -0.25) is 0 Å². The number of rotatable bonds is 5. The van der Waals surface area contributed by atoms with Crippen LogP contribution in [0.4, 0.5) is 0 Å². The second kappa shape index (κ2) is 11.9. The predicted molar refractivity (Wildman–Crippen MR) is 228 cm³/mol. The van der Waals surface area contributed by atoms with Crippen molar-refractivity contribution < 1.29 is 8.98 Å². The summed E-state index contributed by atoms with van der Waals surface area (Å²) >= 11 is 0. The van der Waals surface area contributed by atoms with Gasteiger partial charge in [-0.05, 0) is 87.8 Å². The van der Waals surface area contributed by atoms with E-state index in [1.807, 2.05) is 66.7 Å². The van der Waals surface area contributed by atoms with E-state index >= 15 is 4.57 Å². The maximum Gasteiger partial charge on any atom is 0.171 e. The summed E-state index contributed by atoms with van der Waals surface area (Å²) in [4.78, 5) is 0. The lowest BCUT2D eigenvalue weighted by Gasteiger charge is -2.20. The van der Waals surface area contributed by atoms with Crippen molar-refractivity contribution in [2.45, 2.75) is 0 Å². The molecule has 0 bridgehead atoms. The summed E-state index contributed by atoms with van der Waals surface area (Å²) in [6.45, 7) is 0. The smallest absolute Gasteiger partial charge is 0.171 e. The highest BCUT2D eigenvalue weighted by molar-refractivity contribution is 7.85. The molecule has 9 aromatic carbocycles. The Hall–Kier alpha value is -6.67. The third kappa shape index (κ3) is 4.59. The Kier molecular flexibility index (Phi) is 6.83. The first-order valence-corrected chi connectivity index (χ1v) is 20.0. The number of para-hydroxylation sites is 1. The van der Waals surface area contributed by atoms with Crippen molar-refractivity contribution in [2.75, 3.05) is 0 Å². The molecule has 2 heterocycles. The average molecular weight is 710 g/mol. The summed E-state index contributed by atoms with van der Waals surface area (Å²) in [5, 5.41) is 11.5. The number of benzene rings is 9. The van der Waals surface area contributed by atoms with E-state index < -0.39 is 7.14 Å². The summed E-state index contributed by atoms with van der Waals surface area (Å²) in [6.07, 6.45) is 0. The minimum absolute atomic E-state index is 0.808. The molecule has 4 heteroatoms. The highest BCUT2D eigenvalue weighted by Crippen LogP contribution is 2.46.